The summed E-state index contributed by atoms with van der Waals surface area (Å²) in [4.78, 5) is 0. The summed E-state index contributed by atoms with van der Waals surface area (Å²) in [5.41, 5.74) is 6.81. The van der Waals surface area contributed by atoms with Crippen LogP contribution < -0.4 is 11.1 Å². The van der Waals surface area contributed by atoms with E-state index >= 15 is 0 Å². The highest BCUT2D eigenvalue weighted by Gasteiger charge is 2.19. The number of nitrogen functional groups attached to an aromatic ring is 1. The van der Waals surface area contributed by atoms with Crippen LogP contribution in [0.5, 0.6) is 0 Å². The predicted molar refractivity (Wildman–Crippen MR) is 66.4 cm³/mol. The molecule has 1 aromatic heterocycles. The van der Waals surface area contributed by atoms with Crippen molar-refractivity contribution in [2.75, 3.05) is 17.6 Å². The van der Waals surface area contributed by atoms with E-state index in [9.17, 15) is 5.11 Å². The van der Waals surface area contributed by atoms with Crippen LogP contribution in [0, 0.1) is 0 Å². The van der Waals surface area contributed by atoms with Crippen LogP contribution in [0.15, 0.2) is 0 Å². The number of rotatable bonds is 5. The van der Waals surface area contributed by atoms with Crippen LogP contribution in [0.4, 0.5) is 11.5 Å². The van der Waals surface area contributed by atoms with Gasteiger partial charge in [0.05, 0.1) is 17.0 Å². The second-order valence-electron chi connectivity index (χ2n) is 4.39. The lowest BCUT2D eigenvalue weighted by Gasteiger charge is -2.22. The Morgan fingerprint density at radius 1 is 1.50 bits per heavy atom. The number of nitrogens with one attached hydrogen (secondary N) is 1. The highest BCUT2D eigenvalue weighted by molar-refractivity contribution is 5.65. The molecule has 92 valence electrons. The molecule has 0 fully saturated rings. The van der Waals surface area contributed by atoms with Crippen molar-refractivity contribution in [2.45, 2.75) is 39.2 Å². The first-order chi connectivity index (χ1) is 7.41. The molecule has 5 heteroatoms. The first-order valence-corrected chi connectivity index (χ1v) is 5.69. The summed E-state index contributed by atoms with van der Waals surface area (Å²) in [5, 5.41) is 17.4. The SMILES string of the molecule is CCc1nn(C)c(NCC(C)(O)CC)c1N. The maximum atomic E-state index is 9.90. The molecular formula is C11H22N4O. The summed E-state index contributed by atoms with van der Waals surface area (Å²) in [6.45, 7) is 6.24. The normalized spacial score (nSPS) is 14.8. The van der Waals surface area contributed by atoms with Crippen molar-refractivity contribution in [3.05, 3.63) is 5.69 Å². The molecule has 0 aliphatic heterocycles. The van der Waals surface area contributed by atoms with E-state index in [0.29, 0.717) is 18.7 Å². The van der Waals surface area contributed by atoms with Crippen molar-refractivity contribution in [2.24, 2.45) is 7.05 Å². The number of aliphatic hydroxyl groups is 1. The molecule has 0 bridgehead atoms. The maximum Gasteiger partial charge on any atom is 0.147 e. The lowest BCUT2D eigenvalue weighted by atomic mass is 10.0. The van der Waals surface area contributed by atoms with Gasteiger partial charge in [-0.25, -0.2) is 0 Å². The minimum atomic E-state index is -0.719. The first-order valence-electron chi connectivity index (χ1n) is 5.69. The number of hydrogen-bond acceptors (Lipinski definition) is 4. The molecule has 0 radical (unpaired) electrons. The maximum absolute atomic E-state index is 9.90. The highest BCUT2D eigenvalue weighted by atomic mass is 16.3. The standard InChI is InChI=1S/C11H22N4O/c1-5-8-9(12)10(15(4)14-8)13-7-11(3,16)6-2/h13,16H,5-7,12H2,1-4H3. The zero-order valence-corrected chi connectivity index (χ0v) is 10.5. The summed E-state index contributed by atoms with van der Waals surface area (Å²) >= 11 is 0. The molecule has 1 aromatic rings. The minimum Gasteiger partial charge on any atom is -0.394 e. The predicted octanol–water partition coefficient (Wildman–Crippen LogP) is 1.14. The van der Waals surface area contributed by atoms with E-state index in [2.05, 4.69) is 10.4 Å². The molecule has 0 amide bonds. The van der Waals surface area contributed by atoms with Gasteiger partial charge in [-0.2, -0.15) is 5.10 Å². The second-order valence-corrected chi connectivity index (χ2v) is 4.39. The monoisotopic (exact) mass is 226 g/mol. The number of hydrogen-bond donors (Lipinski definition) is 3. The lowest BCUT2D eigenvalue weighted by molar-refractivity contribution is 0.0696. The largest absolute Gasteiger partial charge is 0.394 e. The van der Waals surface area contributed by atoms with Crippen LogP contribution in [0.1, 0.15) is 32.9 Å². The summed E-state index contributed by atoms with van der Waals surface area (Å²) in [6, 6.07) is 0. The Hall–Kier alpha value is -1.23. The van der Waals surface area contributed by atoms with E-state index in [4.69, 9.17) is 5.73 Å². The molecular weight excluding hydrogens is 204 g/mol. The van der Waals surface area contributed by atoms with Crippen molar-refractivity contribution in [3.8, 4) is 0 Å². The fourth-order valence-electron chi connectivity index (χ4n) is 1.47. The van der Waals surface area contributed by atoms with Crippen LogP contribution in [-0.2, 0) is 13.5 Å². The molecule has 0 aliphatic carbocycles. The van der Waals surface area contributed by atoms with Crippen molar-refractivity contribution in [1.82, 2.24) is 9.78 Å². The minimum absolute atomic E-state index is 0.469. The molecule has 1 unspecified atom stereocenters. The third-order valence-electron chi connectivity index (χ3n) is 2.89. The van der Waals surface area contributed by atoms with Gasteiger partial charge < -0.3 is 16.2 Å². The molecule has 16 heavy (non-hydrogen) atoms. The van der Waals surface area contributed by atoms with Gasteiger partial charge in [-0.3, -0.25) is 4.68 Å². The topological polar surface area (TPSA) is 76.1 Å². The van der Waals surface area contributed by atoms with E-state index in [0.717, 1.165) is 17.9 Å². The zero-order valence-electron chi connectivity index (χ0n) is 10.5. The Balaban J connectivity index is 2.78. The van der Waals surface area contributed by atoms with E-state index in [1.807, 2.05) is 20.9 Å². The van der Waals surface area contributed by atoms with Crippen molar-refractivity contribution < 1.29 is 5.11 Å². The second kappa shape index (κ2) is 4.74. The first kappa shape index (κ1) is 12.8. The Morgan fingerprint density at radius 2 is 2.12 bits per heavy atom. The van der Waals surface area contributed by atoms with Crippen LogP contribution >= 0.6 is 0 Å². The fraction of sp³-hybridized carbons (Fsp3) is 0.727. The fourth-order valence-corrected chi connectivity index (χ4v) is 1.47. The molecule has 0 saturated carbocycles. The molecule has 0 spiro atoms. The smallest absolute Gasteiger partial charge is 0.147 e. The molecule has 0 aliphatic rings. The van der Waals surface area contributed by atoms with Crippen LogP contribution in [0.25, 0.3) is 0 Å². The molecule has 0 aromatic carbocycles. The van der Waals surface area contributed by atoms with Crippen LogP contribution in [0.2, 0.25) is 0 Å². The zero-order chi connectivity index (χ0) is 12.3. The molecule has 5 nitrogen and oxygen atoms in total. The molecule has 1 heterocycles. The Morgan fingerprint density at radius 3 is 2.56 bits per heavy atom. The summed E-state index contributed by atoms with van der Waals surface area (Å²) in [5.74, 6) is 0.783. The average molecular weight is 226 g/mol. The summed E-state index contributed by atoms with van der Waals surface area (Å²) in [6.07, 6.45) is 1.50. The Bertz CT molecular complexity index is 357. The van der Waals surface area contributed by atoms with E-state index in [1.54, 1.807) is 11.6 Å². The number of anilines is 2. The van der Waals surface area contributed by atoms with Crippen molar-refractivity contribution >= 4 is 11.5 Å². The summed E-state index contributed by atoms with van der Waals surface area (Å²) in [7, 11) is 1.85. The van der Waals surface area contributed by atoms with Gasteiger partial charge in [0, 0.05) is 13.6 Å². The quantitative estimate of drug-likeness (QED) is 0.703. The van der Waals surface area contributed by atoms with Crippen molar-refractivity contribution in [1.29, 1.82) is 0 Å². The number of aromatic nitrogens is 2. The lowest BCUT2D eigenvalue weighted by Crippen LogP contribution is -2.33. The van der Waals surface area contributed by atoms with Crippen LogP contribution in [-0.4, -0.2) is 27.0 Å². The van der Waals surface area contributed by atoms with E-state index < -0.39 is 5.60 Å². The average Bonchev–Trinajstić information content (AvgIpc) is 2.51. The summed E-state index contributed by atoms with van der Waals surface area (Å²) < 4.78 is 1.72. The van der Waals surface area contributed by atoms with Gasteiger partial charge in [0.25, 0.3) is 0 Å². The van der Waals surface area contributed by atoms with Gasteiger partial charge in [-0.05, 0) is 19.8 Å². The Labute approximate surface area is 96.6 Å². The number of nitrogens with zero attached hydrogens (tertiary/aromatic N) is 2. The molecule has 1 atom stereocenters. The third kappa shape index (κ3) is 2.66. The molecule has 0 saturated heterocycles. The third-order valence-corrected chi connectivity index (χ3v) is 2.89. The number of nitrogens with two attached hydrogens (primary N) is 1. The van der Waals surface area contributed by atoms with Gasteiger partial charge in [-0.1, -0.05) is 13.8 Å². The molecule has 4 N–H and O–H groups in total. The Kier molecular flexibility index (Phi) is 3.80. The van der Waals surface area contributed by atoms with E-state index in [1.165, 1.54) is 0 Å². The van der Waals surface area contributed by atoms with Crippen molar-refractivity contribution in [3.63, 3.8) is 0 Å². The van der Waals surface area contributed by atoms with Crippen LogP contribution in [0.3, 0.4) is 0 Å². The van der Waals surface area contributed by atoms with E-state index in [-0.39, 0.29) is 0 Å². The number of aryl methyl sites for hydroxylation is 2. The van der Waals surface area contributed by atoms with Gasteiger partial charge in [0.15, 0.2) is 0 Å². The van der Waals surface area contributed by atoms with Gasteiger partial charge in [-0.15, -0.1) is 0 Å². The van der Waals surface area contributed by atoms with Gasteiger partial charge >= 0.3 is 0 Å². The molecule has 1 rings (SSSR count). The van der Waals surface area contributed by atoms with Gasteiger partial charge in [0.1, 0.15) is 5.82 Å². The van der Waals surface area contributed by atoms with Gasteiger partial charge in [0.2, 0.25) is 0 Å². The highest BCUT2D eigenvalue weighted by Crippen LogP contribution is 2.23.